The Morgan fingerprint density at radius 2 is 1.70 bits per heavy atom. The van der Waals surface area contributed by atoms with Crippen LogP contribution < -0.4 is 19.7 Å². The average molecular weight is 464 g/mol. The summed E-state index contributed by atoms with van der Waals surface area (Å²) in [6.45, 7) is -0.254. The first-order valence-electron chi connectivity index (χ1n) is 10.3. The number of hydrogen-bond donors (Lipinski definition) is 1. The van der Waals surface area contributed by atoms with Gasteiger partial charge in [-0.3, -0.25) is 9.59 Å². The summed E-state index contributed by atoms with van der Waals surface area (Å²) in [5.74, 6) is 0.0696. The number of sulfone groups is 1. The largest absolute Gasteiger partial charge is 0.454 e. The minimum Gasteiger partial charge on any atom is -0.454 e. The number of carbonyl (C=O) groups is 2. The number of nitrogens with one attached hydrogen (secondary N) is 1. The van der Waals surface area contributed by atoms with Crippen molar-refractivity contribution >= 4 is 33.0 Å². The zero-order valence-corrected chi connectivity index (χ0v) is 18.2. The van der Waals surface area contributed by atoms with Gasteiger partial charge in [-0.1, -0.05) is 36.4 Å². The van der Waals surface area contributed by atoms with Crippen molar-refractivity contribution in [3.8, 4) is 11.5 Å². The Kier molecular flexibility index (Phi) is 5.26. The fourth-order valence-electron chi connectivity index (χ4n) is 4.04. The van der Waals surface area contributed by atoms with Crippen LogP contribution in [0.1, 0.15) is 17.2 Å². The summed E-state index contributed by atoms with van der Waals surface area (Å²) < 4.78 is 38.0. The Labute approximate surface area is 190 Å². The molecule has 5 rings (SSSR count). The van der Waals surface area contributed by atoms with E-state index in [1.807, 2.05) is 6.07 Å². The number of amides is 2. The molecule has 2 aliphatic heterocycles. The molecule has 3 aromatic carbocycles. The van der Waals surface area contributed by atoms with Crippen LogP contribution in [0.15, 0.2) is 77.7 Å². The maximum atomic E-state index is 13.6. The van der Waals surface area contributed by atoms with Gasteiger partial charge < -0.3 is 19.7 Å². The van der Waals surface area contributed by atoms with Crippen molar-refractivity contribution < 1.29 is 27.5 Å². The Balaban J connectivity index is 1.51. The van der Waals surface area contributed by atoms with Crippen molar-refractivity contribution in [2.75, 3.05) is 23.6 Å². The van der Waals surface area contributed by atoms with E-state index in [1.54, 1.807) is 60.7 Å². The molecule has 3 aromatic rings. The highest BCUT2D eigenvalue weighted by atomic mass is 32.2. The predicted molar refractivity (Wildman–Crippen MR) is 121 cm³/mol. The lowest BCUT2D eigenvalue weighted by atomic mass is 10.1. The van der Waals surface area contributed by atoms with E-state index in [9.17, 15) is 18.0 Å². The van der Waals surface area contributed by atoms with Crippen molar-refractivity contribution in [3.63, 3.8) is 0 Å². The average Bonchev–Trinajstić information content (AvgIpc) is 3.26. The number of para-hydroxylation sites is 2. The summed E-state index contributed by atoms with van der Waals surface area (Å²) in [7, 11) is -3.94. The second-order valence-corrected chi connectivity index (χ2v) is 9.81. The number of nitrogens with zero attached hydrogens (tertiary/aromatic N) is 1. The summed E-state index contributed by atoms with van der Waals surface area (Å²) in [4.78, 5) is 27.2. The van der Waals surface area contributed by atoms with Gasteiger partial charge in [0.05, 0.1) is 15.8 Å². The molecular weight excluding hydrogens is 444 g/mol. The van der Waals surface area contributed by atoms with Crippen LogP contribution >= 0.6 is 0 Å². The van der Waals surface area contributed by atoms with Crippen molar-refractivity contribution in [2.45, 2.75) is 16.6 Å². The SMILES string of the molecule is O=C(CN1C(=O)CC(c2ccc3c(c2)OCO3)S(=O)(=O)c2ccccc21)Nc1ccccc1. The van der Waals surface area contributed by atoms with Gasteiger partial charge in [-0.15, -0.1) is 0 Å². The van der Waals surface area contributed by atoms with E-state index in [0.717, 1.165) is 0 Å². The molecular formula is C24H20N2O6S. The maximum absolute atomic E-state index is 13.6. The first kappa shape index (κ1) is 21.0. The van der Waals surface area contributed by atoms with E-state index in [2.05, 4.69) is 5.32 Å². The minimum atomic E-state index is -3.94. The molecule has 0 fully saturated rings. The number of anilines is 2. The molecule has 0 aliphatic carbocycles. The molecule has 9 heteroatoms. The Morgan fingerprint density at radius 1 is 0.970 bits per heavy atom. The molecule has 1 unspecified atom stereocenters. The fraction of sp³-hybridized carbons (Fsp3) is 0.167. The van der Waals surface area contributed by atoms with E-state index in [0.29, 0.717) is 22.7 Å². The number of ether oxygens (including phenoxy) is 2. The molecule has 0 bridgehead atoms. The highest BCUT2D eigenvalue weighted by molar-refractivity contribution is 7.92. The van der Waals surface area contributed by atoms with Gasteiger partial charge in [0.1, 0.15) is 6.54 Å². The zero-order chi connectivity index (χ0) is 23.0. The van der Waals surface area contributed by atoms with Crippen LogP contribution in [0.2, 0.25) is 0 Å². The third-order valence-corrected chi connectivity index (χ3v) is 7.77. The third-order valence-electron chi connectivity index (χ3n) is 5.63. The fourth-order valence-corrected chi connectivity index (χ4v) is 5.95. The maximum Gasteiger partial charge on any atom is 0.244 e. The lowest BCUT2D eigenvalue weighted by molar-refractivity contribution is -0.121. The van der Waals surface area contributed by atoms with Crippen LogP contribution in [0, 0.1) is 0 Å². The van der Waals surface area contributed by atoms with Gasteiger partial charge in [0.15, 0.2) is 21.3 Å². The molecule has 1 N–H and O–H groups in total. The Bertz CT molecular complexity index is 1340. The first-order valence-corrected chi connectivity index (χ1v) is 11.9. The smallest absolute Gasteiger partial charge is 0.244 e. The van der Waals surface area contributed by atoms with Crippen LogP contribution in [-0.2, 0) is 19.4 Å². The van der Waals surface area contributed by atoms with Gasteiger partial charge in [0, 0.05) is 12.1 Å². The molecule has 2 amide bonds. The highest BCUT2D eigenvalue weighted by Crippen LogP contribution is 2.43. The van der Waals surface area contributed by atoms with E-state index < -0.39 is 26.9 Å². The van der Waals surface area contributed by atoms with E-state index in [4.69, 9.17) is 9.47 Å². The Morgan fingerprint density at radius 3 is 2.52 bits per heavy atom. The predicted octanol–water partition coefficient (Wildman–Crippen LogP) is 3.31. The Hall–Kier alpha value is -3.85. The van der Waals surface area contributed by atoms with Gasteiger partial charge in [-0.25, -0.2) is 8.42 Å². The third kappa shape index (κ3) is 3.91. The second kappa shape index (κ2) is 8.25. The lowest BCUT2D eigenvalue weighted by Gasteiger charge is -2.21. The zero-order valence-electron chi connectivity index (χ0n) is 17.4. The number of benzene rings is 3. The normalized spacial score (nSPS) is 18.4. The number of carbonyl (C=O) groups excluding carboxylic acids is 2. The van der Waals surface area contributed by atoms with Crippen molar-refractivity contribution in [1.29, 1.82) is 0 Å². The van der Waals surface area contributed by atoms with E-state index in [1.165, 1.54) is 11.0 Å². The van der Waals surface area contributed by atoms with Gasteiger partial charge in [-0.05, 0) is 42.0 Å². The van der Waals surface area contributed by atoms with Crippen LogP contribution in [-0.4, -0.2) is 33.6 Å². The molecule has 0 saturated carbocycles. The monoisotopic (exact) mass is 464 g/mol. The van der Waals surface area contributed by atoms with Gasteiger partial charge in [0.2, 0.25) is 18.6 Å². The van der Waals surface area contributed by atoms with Gasteiger partial charge in [-0.2, -0.15) is 0 Å². The molecule has 2 heterocycles. The molecule has 0 spiro atoms. The quantitative estimate of drug-likeness (QED) is 0.636. The molecule has 0 saturated heterocycles. The molecule has 0 aromatic heterocycles. The van der Waals surface area contributed by atoms with Crippen molar-refractivity contribution in [2.24, 2.45) is 0 Å². The summed E-state index contributed by atoms with van der Waals surface area (Å²) in [6, 6.07) is 20.0. The van der Waals surface area contributed by atoms with Crippen molar-refractivity contribution in [3.05, 3.63) is 78.4 Å². The van der Waals surface area contributed by atoms with Crippen LogP contribution in [0.5, 0.6) is 11.5 Å². The van der Waals surface area contributed by atoms with Crippen molar-refractivity contribution in [1.82, 2.24) is 0 Å². The number of fused-ring (bicyclic) bond motifs is 2. The highest BCUT2D eigenvalue weighted by Gasteiger charge is 2.40. The second-order valence-electron chi connectivity index (χ2n) is 7.71. The minimum absolute atomic E-state index is 0.00558. The summed E-state index contributed by atoms with van der Waals surface area (Å²) in [5, 5.41) is 1.62. The van der Waals surface area contributed by atoms with Crippen LogP contribution in [0.3, 0.4) is 0 Å². The molecule has 0 radical (unpaired) electrons. The first-order chi connectivity index (χ1) is 15.9. The summed E-state index contributed by atoms with van der Waals surface area (Å²) >= 11 is 0. The molecule has 33 heavy (non-hydrogen) atoms. The number of hydrogen-bond acceptors (Lipinski definition) is 6. The van der Waals surface area contributed by atoms with Gasteiger partial charge in [0.25, 0.3) is 0 Å². The standard InChI is InChI=1S/C24H20N2O6S/c27-23(25-17-6-2-1-3-7-17)14-26-18-8-4-5-9-21(18)33(29,30)22(13-24(26)28)16-10-11-19-20(12-16)32-15-31-19/h1-12,22H,13-15H2,(H,25,27). The molecule has 8 nitrogen and oxygen atoms in total. The lowest BCUT2D eigenvalue weighted by Crippen LogP contribution is -2.38. The van der Waals surface area contributed by atoms with Gasteiger partial charge >= 0.3 is 0 Å². The summed E-state index contributed by atoms with van der Waals surface area (Å²) in [6.07, 6.45) is -0.310. The molecule has 168 valence electrons. The number of rotatable bonds is 4. The van der Waals surface area contributed by atoms with E-state index in [-0.39, 0.29) is 30.3 Å². The van der Waals surface area contributed by atoms with E-state index >= 15 is 0 Å². The van der Waals surface area contributed by atoms with Crippen LogP contribution in [0.4, 0.5) is 11.4 Å². The summed E-state index contributed by atoms with van der Waals surface area (Å²) in [5.41, 5.74) is 1.20. The molecule has 1 atom stereocenters. The molecule has 2 aliphatic rings. The topological polar surface area (TPSA) is 102 Å². The van der Waals surface area contributed by atoms with Crippen LogP contribution in [0.25, 0.3) is 0 Å².